The first-order chi connectivity index (χ1) is 29.4. The van der Waals surface area contributed by atoms with E-state index < -0.39 is 0 Å². The summed E-state index contributed by atoms with van der Waals surface area (Å²) in [6.07, 6.45) is 7.86. The van der Waals surface area contributed by atoms with Gasteiger partial charge in [-0.05, 0) is 94.5 Å². The molecule has 1 aromatic heterocycles. The zero-order chi connectivity index (χ0) is 41.0. The maximum atomic E-state index is 5.32. The molecule has 0 N–H and O–H groups in total. The summed E-state index contributed by atoms with van der Waals surface area (Å²) in [4.78, 5) is 10.5. The average Bonchev–Trinajstić information content (AvgIpc) is 3.69. The number of benzene rings is 7. The monoisotopic (exact) mass is 792 g/mol. The molecule has 7 aromatic carbocycles. The lowest BCUT2D eigenvalue weighted by Gasteiger charge is -2.26. The molecule has 0 bridgehead atoms. The second-order valence-electron chi connectivity index (χ2n) is 15.7. The number of aliphatic imine (C=N–C) groups is 2. The number of nitrogens with zero attached hydrogens (tertiary/aromatic N) is 2. The molecule has 60 heavy (non-hydrogen) atoms. The van der Waals surface area contributed by atoms with Gasteiger partial charge in [-0.1, -0.05) is 195 Å². The summed E-state index contributed by atoms with van der Waals surface area (Å²) in [6.45, 7) is 11.1. The van der Waals surface area contributed by atoms with Gasteiger partial charge in [0.1, 0.15) is 0 Å². The Hall–Kier alpha value is -6.68. The first kappa shape index (κ1) is 38.8. The third kappa shape index (κ3) is 7.89. The zero-order valence-corrected chi connectivity index (χ0v) is 35.3. The van der Waals surface area contributed by atoms with E-state index in [1.165, 1.54) is 59.1 Å². The van der Waals surface area contributed by atoms with Crippen LogP contribution < -0.4 is 0 Å². The van der Waals surface area contributed by atoms with Gasteiger partial charge in [0.15, 0.2) is 5.84 Å². The Morgan fingerprint density at radius 1 is 0.650 bits per heavy atom. The van der Waals surface area contributed by atoms with Gasteiger partial charge in [0.2, 0.25) is 0 Å². The molecule has 0 spiro atoms. The lowest BCUT2D eigenvalue weighted by Crippen LogP contribution is -2.12. The molecule has 0 radical (unpaired) electrons. The van der Waals surface area contributed by atoms with Crippen molar-refractivity contribution in [1.29, 1.82) is 0 Å². The largest absolute Gasteiger partial charge is 0.233 e. The van der Waals surface area contributed by atoms with E-state index in [4.69, 9.17) is 9.98 Å². The maximum Gasteiger partial charge on any atom is 0.160 e. The Morgan fingerprint density at radius 2 is 1.32 bits per heavy atom. The summed E-state index contributed by atoms with van der Waals surface area (Å²) in [7, 11) is 0. The number of aryl methyl sites for hydroxylation is 1. The first-order valence-electron chi connectivity index (χ1n) is 21.0. The molecule has 0 aliphatic heterocycles. The molecule has 1 heterocycles. The van der Waals surface area contributed by atoms with Crippen LogP contribution in [0.2, 0.25) is 0 Å². The van der Waals surface area contributed by atoms with Crippen molar-refractivity contribution in [3.05, 3.63) is 222 Å². The molecule has 3 heteroatoms. The van der Waals surface area contributed by atoms with Crippen molar-refractivity contribution in [2.45, 2.75) is 46.0 Å². The molecule has 0 saturated carbocycles. The normalized spacial score (nSPS) is 14.6. The van der Waals surface area contributed by atoms with Crippen LogP contribution in [0.1, 0.15) is 61.3 Å². The lowest BCUT2D eigenvalue weighted by molar-refractivity contribution is 0.721. The quantitative estimate of drug-likeness (QED) is 0.0973. The van der Waals surface area contributed by atoms with E-state index in [0.29, 0.717) is 17.5 Å². The third-order valence-corrected chi connectivity index (χ3v) is 13.0. The van der Waals surface area contributed by atoms with Crippen LogP contribution in [-0.2, 0) is 0 Å². The van der Waals surface area contributed by atoms with Gasteiger partial charge < -0.3 is 0 Å². The van der Waals surface area contributed by atoms with Gasteiger partial charge in [-0.15, -0.1) is 11.3 Å². The summed E-state index contributed by atoms with van der Waals surface area (Å²) in [5.74, 6) is 1.04. The van der Waals surface area contributed by atoms with Crippen molar-refractivity contribution in [1.82, 2.24) is 0 Å². The van der Waals surface area contributed by atoms with E-state index in [1.807, 2.05) is 11.3 Å². The summed E-state index contributed by atoms with van der Waals surface area (Å²) < 4.78 is 2.59. The van der Waals surface area contributed by atoms with Crippen LogP contribution in [0.25, 0.3) is 59.3 Å². The smallest absolute Gasteiger partial charge is 0.160 e. The van der Waals surface area contributed by atoms with E-state index in [9.17, 15) is 0 Å². The minimum Gasteiger partial charge on any atom is -0.233 e. The fourth-order valence-electron chi connectivity index (χ4n) is 8.66. The third-order valence-electron chi connectivity index (χ3n) is 11.8. The molecule has 8 aromatic rings. The molecule has 1 aliphatic rings. The molecule has 9 rings (SSSR count). The highest BCUT2D eigenvalue weighted by atomic mass is 32.1. The topological polar surface area (TPSA) is 24.7 Å². The maximum absolute atomic E-state index is 5.32. The van der Waals surface area contributed by atoms with Gasteiger partial charge >= 0.3 is 0 Å². The van der Waals surface area contributed by atoms with Crippen LogP contribution in [0.5, 0.6) is 0 Å². The summed E-state index contributed by atoms with van der Waals surface area (Å²) in [5, 5.41) is 2.60. The number of hydrogen-bond acceptors (Lipinski definition) is 2. The van der Waals surface area contributed by atoms with Crippen molar-refractivity contribution in [3.8, 4) is 33.4 Å². The Kier molecular flexibility index (Phi) is 11.2. The van der Waals surface area contributed by atoms with Gasteiger partial charge in [-0.3, -0.25) is 0 Å². The van der Waals surface area contributed by atoms with Crippen LogP contribution in [0.15, 0.2) is 210 Å². The van der Waals surface area contributed by atoms with E-state index in [2.05, 4.69) is 209 Å². The number of rotatable bonds is 10. The molecular weight excluding hydrogens is 745 g/mol. The summed E-state index contributed by atoms with van der Waals surface area (Å²) in [5.41, 5.74) is 16.1. The second kappa shape index (κ2) is 17.3. The Morgan fingerprint density at radius 3 is 2.08 bits per heavy atom. The van der Waals surface area contributed by atoms with Crippen LogP contribution in [0.3, 0.4) is 0 Å². The minimum atomic E-state index is 0.388. The SMILES string of the molecule is C=C(N=C(N=C(C)C1=CCC(c2ccccc2C)C(CCC)=C1)c1cccc(-c2ccccc2)c1)c1ccc(-c2cccc3c2sc2cccc(-c4ccccc4)c23)cc1. The molecular formula is C57H48N2S. The molecule has 1 unspecified atom stereocenters. The Bertz CT molecular complexity index is 2980. The fraction of sp³-hybridized carbons (Fsp3) is 0.123. The molecule has 1 aliphatic carbocycles. The number of amidine groups is 1. The van der Waals surface area contributed by atoms with Gasteiger partial charge in [0.05, 0.1) is 5.70 Å². The number of allylic oxidation sites excluding steroid dienone is 4. The fourth-order valence-corrected chi connectivity index (χ4v) is 9.93. The molecule has 0 amide bonds. The highest BCUT2D eigenvalue weighted by Crippen LogP contribution is 2.44. The Labute approximate surface area is 358 Å². The molecule has 0 fully saturated rings. The Balaban J connectivity index is 1.07. The highest BCUT2D eigenvalue weighted by Gasteiger charge is 2.22. The second-order valence-corrected chi connectivity index (χ2v) is 16.8. The molecule has 1 atom stereocenters. The predicted octanol–water partition coefficient (Wildman–Crippen LogP) is 16.1. The van der Waals surface area contributed by atoms with Crippen LogP contribution >= 0.6 is 11.3 Å². The van der Waals surface area contributed by atoms with E-state index in [0.717, 1.165) is 52.8 Å². The van der Waals surface area contributed by atoms with Crippen molar-refractivity contribution in [2.75, 3.05) is 0 Å². The van der Waals surface area contributed by atoms with Crippen molar-refractivity contribution in [2.24, 2.45) is 9.98 Å². The van der Waals surface area contributed by atoms with Crippen LogP contribution in [0.4, 0.5) is 0 Å². The van der Waals surface area contributed by atoms with Gasteiger partial charge in [0.25, 0.3) is 0 Å². The average molecular weight is 793 g/mol. The van der Waals surface area contributed by atoms with E-state index >= 15 is 0 Å². The highest BCUT2D eigenvalue weighted by molar-refractivity contribution is 7.26. The van der Waals surface area contributed by atoms with Crippen LogP contribution in [-0.4, -0.2) is 11.5 Å². The molecule has 292 valence electrons. The molecule has 2 nitrogen and oxygen atoms in total. The molecule has 0 saturated heterocycles. The standard InChI is InChI=1S/C57H48N2S/c1-5-17-47-36-45(34-35-50(47)49-25-13-12-18-38(49)2)40(4)59-57(48-24-14-23-46(37-48)42-19-8-6-9-20-42)58-39(3)41-30-32-44(33-31-41)52-27-15-28-53-55-51(43-21-10-7-11-22-43)26-16-29-54(55)60-56(52)53/h6-16,18-34,36-37,50H,3,5,17,35H2,1-2,4H3. The van der Waals surface area contributed by atoms with Gasteiger partial charge in [0, 0.05) is 37.4 Å². The number of thiophene rings is 1. The van der Waals surface area contributed by atoms with Crippen molar-refractivity contribution < 1.29 is 0 Å². The predicted molar refractivity (Wildman–Crippen MR) is 260 cm³/mol. The van der Waals surface area contributed by atoms with Crippen LogP contribution in [0, 0.1) is 6.92 Å². The summed E-state index contributed by atoms with van der Waals surface area (Å²) in [6, 6.07) is 60.6. The van der Waals surface area contributed by atoms with E-state index in [-0.39, 0.29) is 0 Å². The van der Waals surface area contributed by atoms with E-state index in [1.54, 1.807) is 0 Å². The van der Waals surface area contributed by atoms with Gasteiger partial charge in [-0.25, -0.2) is 9.98 Å². The van der Waals surface area contributed by atoms with Gasteiger partial charge in [-0.2, -0.15) is 0 Å². The zero-order valence-electron chi connectivity index (χ0n) is 34.5. The number of hydrogen-bond donors (Lipinski definition) is 0. The van der Waals surface area contributed by atoms with Crippen molar-refractivity contribution >= 4 is 48.8 Å². The first-order valence-corrected chi connectivity index (χ1v) is 21.8. The lowest BCUT2D eigenvalue weighted by atomic mass is 9.79. The van der Waals surface area contributed by atoms with Crippen molar-refractivity contribution in [3.63, 3.8) is 0 Å². The minimum absolute atomic E-state index is 0.388. The summed E-state index contributed by atoms with van der Waals surface area (Å²) >= 11 is 1.86. The number of fused-ring (bicyclic) bond motifs is 3.